The molecular formula is C17H20F2N6O. The van der Waals surface area contributed by atoms with Crippen LogP contribution in [0.3, 0.4) is 0 Å². The first-order valence-corrected chi connectivity index (χ1v) is 8.58. The molecule has 4 aliphatic rings. The minimum absolute atomic E-state index is 0.182. The third kappa shape index (κ3) is 3.29. The van der Waals surface area contributed by atoms with Crippen LogP contribution in [0.5, 0.6) is 0 Å². The number of amides is 1. The van der Waals surface area contributed by atoms with Crippen LogP contribution in [-0.4, -0.2) is 53.4 Å². The van der Waals surface area contributed by atoms with E-state index in [1.807, 2.05) is 29.2 Å². The van der Waals surface area contributed by atoms with Crippen LogP contribution in [0, 0.1) is 0 Å². The molecule has 3 N–H and O–H groups in total. The molecule has 4 rings (SSSR count). The molecule has 0 radical (unpaired) electrons. The molecule has 1 atom stereocenters. The van der Waals surface area contributed by atoms with E-state index >= 15 is 0 Å². The summed E-state index contributed by atoms with van der Waals surface area (Å²) in [6.45, 7) is 1.22. The van der Waals surface area contributed by atoms with Crippen molar-refractivity contribution < 1.29 is 13.6 Å². The number of likely N-dealkylation sites (tertiary alicyclic amines) is 1. The molecule has 0 aromatic heterocycles. The molecule has 4 heterocycles. The zero-order chi connectivity index (χ0) is 18.1. The Morgan fingerprint density at radius 1 is 1.27 bits per heavy atom. The van der Waals surface area contributed by atoms with Gasteiger partial charge in [-0.3, -0.25) is 4.79 Å². The minimum atomic E-state index is -2.60. The van der Waals surface area contributed by atoms with Crippen LogP contribution < -0.4 is 16.0 Å². The Morgan fingerprint density at radius 3 is 2.81 bits per heavy atom. The summed E-state index contributed by atoms with van der Waals surface area (Å²) in [6.07, 6.45) is 10.1. The Balaban J connectivity index is 1.45. The molecule has 0 bridgehead atoms. The van der Waals surface area contributed by atoms with Gasteiger partial charge in [0.05, 0.1) is 5.70 Å². The number of hydrazone groups is 1. The van der Waals surface area contributed by atoms with Crippen molar-refractivity contribution in [1.29, 1.82) is 0 Å². The van der Waals surface area contributed by atoms with Crippen LogP contribution in [-0.2, 0) is 4.79 Å². The van der Waals surface area contributed by atoms with Gasteiger partial charge in [0.1, 0.15) is 17.7 Å². The molecule has 1 saturated heterocycles. The highest BCUT2D eigenvalue weighted by atomic mass is 19.3. The van der Waals surface area contributed by atoms with Gasteiger partial charge in [0.15, 0.2) is 0 Å². The predicted molar refractivity (Wildman–Crippen MR) is 92.5 cm³/mol. The van der Waals surface area contributed by atoms with Gasteiger partial charge in [0, 0.05) is 44.9 Å². The molecule has 26 heavy (non-hydrogen) atoms. The number of nitrogens with one attached hydrogen (secondary N) is 3. The van der Waals surface area contributed by atoms with E-state index in [1.54, 1.807) is 17.4 Å². The van der Waals surface area contributed by atoms with Gasteiger partial charge in [0.2, 0.25) is 0 Å². The molecule has 1 fully saturated rings. The van der Waals surface area contributed by atoms with E-state index in [4.69, 9.17) is 0 Å². The van der Waals surface area contributed by atoms with E-state index in [-0.39, 0.29) is 38.0 Å². The van der Waals surface area contributed by atoms with Crippen molar-refractivity contribution in [2.75, 3.05) is 19.6 Å². The summed E-state index contributed by atoms with van der Waals surface area (Å²) in [5, 5.41) is 15.0. The Bertz CT molecular complexity index is 744. The van der Waals surface area contributed by atoms with Crippen LogP contribution in [0.15, 0.2) is 53.2 Å². The third-order valence-corrected chi connectivity index (χ3v) is 4.64. The van der Waals surface area contributed by atoms with Crippen LogP contribution in [0.25, 0.3) is 0 Å². The number of carbonyl (C=O) groups excluding carboxylic acids is 1. The van der Waals surface area contributed by atoms with Crippen molar-refractivity contribution in [3.05, 3.63) is 48.1 Å². The van der Waals surface area contributed by atoms with E-state index in [0.717, 1.165) is 6.54 Å². The quantitative estimate of drug-likeness (QED) is 0.678. The maximum absolute atomic E-state index is 13.4. The predicted octanol–water partition coefficient (Wildman–Crippen LogP) is 0.790. The first kappa shape index (κ1) is 16.6. The molecule has 138 valence electrons. The SMILES string of the molecule is O=C(NC1=CNCC=C1)C1=CNC2C=CC(N3CCC(F)(F)CC3)=NN12. The van der Waals surface area contributed by atoms with Crippen LogP contribution in [0.4, 0.5) is 8.78 Å². The average Bonchev–Trinajstić information content (AvgIpc) is 3.06. The van der Waals surface area contributed by atoms with E-state index < -0.39 is 5.92 Å². The largest absolute Gasteiger partial charge is 0.386 e. The number of halogens is 2. The lowest BCUT2D eigenvalue weighted by molar-refractivity contribution is -0.118. The second kappa shape index (κ2) is 6.47. The standard InChI is InChI=1S/C17H20F2N6O/c18-17(19)5-8-24(9-6-17)15-4-3-14-21-11-13(25(14)23-15)16(26)22-12-2-1-7-20-10-12/h1-4,10-11,14,20-21H,5-9H2,(H,22,26). The normalized spacial score (nSPS) is 26.2. The van der Waals surface area contributed by atoms with Crippen molar-refractivity contribution in [1.82, 2.24) is 25.9 Å². The van der Waals surface area contributed by atoms with Gasteiger partial charge < -0.3 is 20.9 Å². The van der Waals surface area contributed by atoms with Gasteiger partial charge >= 0.3 is 0 Å². The third-order valence-electron chi connectivity index (χ3n) is 4.64. The lowest BCUT2D eigenvalue weighted by Gasteiger charge is -2.35. The van der Waals surface area contributed by atoms with Gasteiger partial charge in [0.25, 0.3) is 11.8 Å². The first-order valence-electron chi connectivity index (χ1n) is 8.58. The lowest BCUT2D eigenvalue weighted by atomic mass is 10.1. The van der Waals surface area contributed by atoms with Gasteiger partial charge in [-0.25, -0.2) is 13.8 Å². The second-order valence-corrected chi connectivity index (χ2v) is 6.51. The van der Waals surface area contributed by atoms with Crippen LogP contribution in [0.1, 0.15) is 12.8 Å². The topological polar surface area (TPSA) is 72.0 Å². The number of nitrogens with zero attached hydrogens (tertiary/aromatic N) is 3. The smallest absolute Gasteiger partial charge is 0.275 e. The molecule has 7 nitrogen and oxygen atoms in total. The number of piperidine rings is 1. The highest BCUT2D eigenvalue weighted by molar-refractivity contribution is 5.97. The minimum Gasteiger partial charge on any atom is -0.386 e. The number of carbonyl (C=O) groups is 1. The van der Waals surface area contributed by atoms with Gasteiger partial charge in [-0.05, 0) is 18.2 Å². The summed E-state index contributed by atoms with van der Waals surface area (Å²) in [7, 11) is 0. The van der Waals surface area contributed by atoms with Crippen molar-refractivity contribution in [3.63, 3.8) is 0 Å². The maximum Gasteiger partial charge on any atom is 0.275 e. The van der Waals surface area contributed by atoms with E-state index in [1.165, 1.54) is 0 Å². The van der Waals surface area contributed by atoms with Crippen LogP contribution >= 0.6 is 0 Å². The Kier molecular flexibility index (Phi) is 4.14. The van der Waals surface area contributed by atoms with Crippen molar-refractivity contribution >= 4 is 11.7 Å². The number of allylic oxidation sites excluding steroid dienone is 1. The first-order chi connectivity index (χ1) is 12.5. The van der Waals surface area contributed by atoms with E-state index in [9.17, 15) is 13.6 Å². The average molecular weight is 362 g/mol. The van der Waals surface area contributed by atoms with Crippen LogP contribution in [0.2, 0.25) is 0 Å². The summed E-state index contributed by atoms with van der Waals surface area (Å²) in [4.78, 5) is 14.4. The van der Waals surface area contributed by atoms with Gasteiger partial charge in [-0.1, -0.05) is 6.08 Å². The molecule has 0 saturated carbocycles. The summed E-state index contributed by atoms with van der Waals surface area (Å²) in [5.74, 6) is -2.30. The zero-order valence-electron chi connectivity index (χ0n) is 14.1. The Morgan fingerprint density at radius 2 is 2.08 bits per heavy atom. The molecular weight excluding hydrogens is 342 g/mol. The molecule has 1 amide bonds. The number of amidine groups is 1. The van der Waals surface area contributed by atoms with E-state index in [2.05, 4.69) is 21.1 Å². The number of hydrogen-bond acceptors (Lipinski definition) is 6. The van der Waals surface area contributed by atoms with E-state index in [0.29, 0.717) is 17.2 Å². The van der Waals surface area contributed by atoms with Gasteiger partial charge in [-0.15, -0.1) is 0 Å². The molecule has 4 aliphatic heterocycles. The number of fused-ring (bicyclic) bond motifs is 1. The number of dihydropyridines is 1. The molecule has 0 aliphatic carbocycles. The maximum atomic E-state index is 13.4. The summed E-state index contributed by atoms with van der Waals surface area (Å²) in [6, 6.07) is 0. The highest BCUT2D eigenvalue weighted by Crippen LogP contribution is 2.29. The van der Waals surface area contributed by atoms with Crippen molar-refractivity contribution in [2.24, 2.45) is 5.10 Å². The fourth-order valence-corrected chi connectivity index (χ4v) is 3.17. The molecule has 0 aromatic rings. The molecule has 9 heteroatoms. The Hall–Kier alpha value is -2.84. The molecule has 0 aromatic carbocycles. The molecule has 0 spiro atoms. The summed E-state index contributed by atoms with van der Waals surface area (Å²) < 4.78 is 26.7. The lowest BCUT2D eigenvalue weighted by Crippen LogP contribution is -2.46. The Labute approximate surface area is 149 Å². The fraction of sp³-hybridized carbons (Fsp3) is 0.412. The summed E-state index contributed by atoms with van der Waals surface area (Å²) >= 11 is 0. The monoisotopic (exact) mass is 362 g/mol. The second-order valence-electron chi connectivity index (χ2n) is 6.51. The molecule has 1 unspecified atom stereocenters. The van der Waals surface area contributed by atoms with Crippen molar-refractivity contribution in [2.45, 2.75) is 24.9 Å². The summed E-state index contributed by atoms with van der Waals surface area (Å²) in [5.41, 5.74) is 1.04. The number of hydrogen-bond donors (Lipinski definition) is 3. The van der Waals surface area contributed by atoms with Crippen molar-refractivity contribution in [3.8, 4) is 0 Å². The van der Waals surface area contributed by atoms with Gasteiger partial charge in [-0.2, -0.15) is 5.10 Å². The highest BCUT2D eigenvalue weighted by Gasteiger charge is 2.37. The fourth-order valence-electron chi connectivity index (χ4n) is 3.17. The zero-order valence-corrected chi connectivity index (χ0v) is 14.1. The number of alkyl halides is 2. The number of rotatable bonds is 2.